The topological polar surface area (TPSA) is 78.4 Å². The molecule has 0 bridgehead atoms. The van der Waals surface area contributed by atoms with E-state index in [4.69, 9.17) is 9.47 Å². The molecule has 7 heteroatoms. The van der Waals surface area contributed by atoms with Crippen LogP contribution in [0.15, 0.2) is 18.2 Å². The SMILES string of the molecule is CCOC(=O)C(C(=O)OCC)c1cccc2nnsc12. The monoisotopic (exact) mass is 294 g/mol. The molecule has 0 aliphatic carbocycles. The number of hydrogen-bond donors (Lipinski definition) is 0. The maximum atomic E-state index is 12.1. The van der Waals surface area contributed by atoms with Crippen molar-refractivity contribution in [2.45, 2.75) is 19.8 Å². The first-order valence-corrected chi connectivity index (χ1v) is 7.00. The number of ether oxygens (including phenoxy) is 2. The third-order valence-corrected chi connectivity index (χ3v) is 3.45. The molecule has 20 heavy (non-hydrogen) atoms. The van der Waals surface area contributed by atoms with Gasteiger partial charge in [0.2, 0.25) is 0 Å². The zero-order valence-electron chi connectivity index (χ0n) is 11.2. The molecule has 106 valence electrons. The molecule has 0 unspecified atom stereocenters. The van der Waals surface area contributed by atoms with E-state index in [1.54, 1.807) is 32.0 Å². The standard InChI is InChI=1S/C13H14N2O4S/c1-3-18-12(16)10(13(17)19-4-2)8-6-5-7-9-11(8)20-15-14-9/h5-7,10H,3-4H2,1-2H3. The van der Waals surface area contributed by atoms with Gasteiger partial charge in [-0.05, 0) is 37.0 Å². The van der Waals surface area contributed by atoms with Gasteiger partial charge >= 0.3 is 11.9 Å². The van der Waals surface area contributed by atoms with Crippen LogP contribution in [0.2, 0.25) is 0 Å². The summed E-state index contributed by atoms with van der Waals surface area (Å²) in [5, 5.41) is 3.94. The Kier molecular flexibility index (Phi) is 4.62. The summed E-state index contributed by atoms with van der Waals surface area (Å²) in [5.41, 5.74) is 1.17. The number of carbonyl (C=O) groups excluding carboxylic acids is 2. The van der Waals surface area contributed by atoms with Gasteiger partial charge in [0.05, 0.1) is 17.9 Å². The number of rotatable bonds is 5. The average Bonchev–Trinajstić information content (AvgIpc) is 2.89. The van der Waals surface area contributed by atoms with E-state index < -0.39 is 17.9 Å². The molecule has 1 aromatic heterocycles. The summed E-state index contributed by atoms with van der Waals surface area (Å²) in [7, 11) is 0. The number of esters is 2. The lowest BCUT2D eigenvalue weighted by atomic mass is 9.99. The second-order valence-electron chi connectivity index (χ2n) is 3.91. The lowest BCUT2D eigenvalue weighted by molar-refractivity contribution is -0.156. The fourth-order valence-corrected chi connectivity index (χ4v) is 2.56. The van der Waals surface area contributed by atoms with Crippen LogP contribution in [0.25, 0.3) is 10.2 Å². The van der Waals surface area contributed by atoms with Gasteiger partial charge in [-0.3, -0.25) is 9.59 Å². The Morgan fingerprint density at radius 1 is 1.20 bits per heavy atom. The number of hydrogen-bond acceptors (Lipinski definition) is 7. The highest BCUT2D eigenvalue weighted by atomic mass is 32.1. The predicted octanol–water partition coefficient (Wildman–Crippen LogP) is 1.90. The minimum absolute atomic E-state index is 0.200. The van der Waals surface area contributed by atoms with Crippen LogP contribution in [-0.2, 0) is 19.1 Å². The van der Waals surface area contributed by atoms with Crippen LogP contribution < -0.4 is 0 Å². The molecule has 0 aliphatic rings. The van der Waals surface area contributed by atoms with Crippen LogP contribution in [-0.4, -0.2) is 34.7 Å². The Hall–Kier alpha value is -2.02. The van der Waals surface area contributed by atoms with Crippen molar-refractivity contribution in [2.75, 3.05) is 13.2 Å². The normalized spacial score (nSPS) is 10.8. The summed E-state index contributed by atoms with van der Waals surface area (Å²) in [4.78, 5) is 24.1. The van der Waals surface area contributed by atoms with E-state index in [0.717, 1.165) is 11.5 Å². The molecule has 2 aromatic rings. The molecule has 0 N–H and O–H groups in total. The van der Waals surface area contributed by atoms with Gasteiger partial charge in [-0.2, -0.15) is 0 Å². The van der Waals surface area contributed by atoms with Crippen LogP contribution in [0.4, 0.5) is 0 Å². The molecular weight excluding hydrogens is 280 g/mol. The van der Waals surface area contributed by atoms with E-state index in [1.807, 2.05) is 0 Å². The predicted molar refractivity (Wildman–Crippen MR) is 73.4 cm³/mol. The first-order valence-electron chi connectivity index (χ1n) is 6.23. The number of benzene rings is 1. The van der Waals surface area contributed by atoms with E-state index in [9.17, 15) is 9.59 Å². The molecule has 6 nitrogen and oxygen atoms in total. The molecule has 0 radical (unpaired) electrons. The van der Waals surface area contributed by atoms with Crippen LogP contribution >= 0.6 is 11.5 Å². The third kappa shape index (κ3) is 2.77. The van der Waals surface area contributed by atoms with Crippen molar-refractivity contribution < 1.29 is 19.1 Å². The summed E-state index contributed by atoms with van der Waals surface area (Å²) in [5.74, 6) is -2.33. The molecule has 0 aliphatic heterocycles. The fourth-order valence-electron chi connectivity index (χ4n) is 1.85. The van der Waals surface area contributed by atoms with Gasteiger partial charge in [0, 0.05) is 0 Å². The molecular formula is C13H14N2O4S. The second-order valence-corrected chi connectivity index (χ2v) is 4.66. The van der Waals surface area contributed by atoms with Crippen molar-refractivity contribution >= 4 is 33.7 Å². The van der Waals surface area contributed by atoms with Crippen LogP contribution in [0.5, 0.6) is 0 Å². The van der Waals surface area contributed by atoms with Crippen LogP contribution in [0.3, 0.4) is 0 Å². The minimum atomic E-state index is -1.10. The van der Waals surface area contributed by atoms with Gasteiger partial charge in [0.1, 0.15) is 5.52 Å². The molecule has 0 fully saturated rings. The van der Waals surface area contributed by atoms with E-state index in [0.29, 0.717) is 15.8 Å². The van der Waals surface area contributed by atoms with Crippen molar-refractivity contribution in [3.63, 3.8) is 0 Å². The largest absolute Gasteiger partial charge is 0.465 e. The molecule has 0 saturated carbocycles. The summed E-state index contributed by atoms with van der Waals surface area (Å²) in [6.07, 6.45) is 0. The Morgan fingerprint density at radius 3 is 2.45 bits per heavy atom. The number of carbonyl (C=O) groups is 2. The van der Waals surface area contributed by atoms with Crippen LogP contribution in [0, 0.1) is 0 Å². The highest BCUT2D eigenvalue weighted by Crippen LogP contribution is 2.29. The molecule has 0 atom stereocenters. The van der Waals surface area contributed by atoms with Gasteiger partial charge in [-0.25, -0.2) is 0 Å². The summed E-state index contributed by atoms with van der Waals surface area (Å²) in [6, 6.07) is 5.20. The average molecular weight is 294 g/mol. The number of aromatic nitrogens is 2. The number of nitrogens with zero attached hydrogens (tertiary/aromatic N) is 2. The van der Waals surface area contributed by atoms with Crippen molar-refractivity contribution in [3.05, 3.63) is 23.8 Å². The van der Waals surface area contributed by atoms with Gasteiger partial charge in [-0.15, -0.1) is 5.10 Å². The highest BCUT2D eigenvalue weighted by molar-refractivity contribution is 7.13. The van der Waals surface area contributed by atoms with Crippen molar-refractivity contribution in [3.8, 4) is 0 Å². The second kappa shape index (κ2) is 6.42. The van der Waals surface area contributed by atoms with E-state index >= 15 is 0 Å². The first kappa shape index (κ1) is 14.4. The van der Waals surface area contributed by atoms with Gasteiger partial charge in [-0.1, -0.05) is 16.6 Å². The van der Waals surface area contributed by atoms with Gasteiger partial charge < -0.3 is 9.47 Å². The van der Waals surface area contributed by atoms with Crippen LogP contribution in [0.1, 0.15) is 25.3 Å². The lowest BCUT2D eigenvalue weighted by Crippen LogP contribution is -2.26. The van der Waals surface area contributed by atoms with Gasteiger partial charge in [0.25, 0.3) is 0 Å². The van der Waals surface area contributed by atoms with Crippen molar-refractivity contribution in [2.24, 2.45) is 0 Å². The highest BCUT2D eigenvalue weighted by Gasteiger charge is 2.33. The smallest absolute Gasteiger partial charge is 0.324 e. The van der Waals surface area contributed by atoms with E-state index in [-0.39, 0.29) is 13.2 Å². The molecule has 1 aromatic carbocycles. The number of fused-ring (bicyclic) bond motifs is 1. The fraction of sp³-hybridized carbons (Fsp3) is 0.385. The van der Waals surface area contributed by atoms with Crippen molar-refractivity contribution in [1.82, 2.24) is 9.59 Å². The summed E-state index contributed by atoms with van der Waals surface area (Å²) in [6.45, 7) is 3.78. The van der Waals surface area contributed by atoms with Gasteiger partial charge in [0.15, 0.2) is 5.92 Å². The van der Waals surface area contributed by atoms with E-state index in [2.05, 4.69) is 9.59 Å². The first-order chi connectivity index (χ1) is 9.69. The molecule has 2 rings (SSSR count). The summed E-state index contributed by atoms with van der Waals surface area (Å²) >= 11 is 1.14. The molecule has 0 amide bonds. The summed E-state index contributed by atoms with van der Waals surface area (Å²) < 4.78 is 14.5. The Morgan fingerprint density at radius 2 is 1.85 bits per heavy atom. The van der Waals surface area contributed by atoms with Crippen molar-refractivity contribution in [1.29, 1.82) is 0 Å². The lowest BCUT2D eigenvalue weighted by Gasteiger charge is -2.14. The quantitative estimate of drug-likeness (QED) is 0.619. The molecule has 0 spiro atoms. The Labute approximate surface area is 119 Å². The Balaban J connectivity index is 2.47. The zero-order valence-corrected chi connectivity index (χ0v) is 12.0. The maximum absolute atomic E-state index is 12.1. The Bertz CT molecular complexity index is 608. The molecule has 0 saturated heterocycles. The van der Waals surface area contributed by atoms with E-state index in [1.165, 1.54) is 0 Å². The third-order valence-electron chi connectivity index (χ3n) is 2.66. The molecule has 1 heterocycles. The zero-order chi connectivity index (χ0) is 14.5. The maximum Gasteiger partial charge on any atom is 0.324 e. The minimum Gasteiger partial charge on any atom is -0.465 e.